The highest BCUT2D eigenvalue weighted by atomic mass is 16.4. The molecule has 92 valence electrons. The number of carboxylic acids is 1. The second-order valence-corrected chi connectivity index (χ2v) is 4.52. The van der Waals surface area contributed by atoms with E-state index < -0.39 is 5.97 Å². The molecule has 2 atom stereocenters. The number of carbonyl (C=O) groups is 2. The van der Waals surface area contributed by atoms with Crippen molar-refractivity contribution in [2.45, 2.75) is 57.9 Å². The van der Waals surface area contributed by atoms with Gasteiger partial charge in [-0.15, -0.1) is 0 Å². The standard InChI is InChI=1S/C12H21NO3/c1-2-9-5-3-4-6-10(9)13-11(14)7-8-12(15)16/h9-10H,2-8H2,1H3,(H,13,14)(H,15,16). The summed E-state index contributed by atoms with van der Waals surface area (Å²) in [4.78, 5) is 21.8. The Balaban J connectivity index is 2.33. The predicted octanol–water partition coefficient (Wildman–Crippen LogP) is 1.94. The van der Waals surface area contributed by atoms with Gasteiger partial charge in [-0.1, -0.05) is 26.2 Å². The van der Waals surface area contributed by atoms with Crippen LogP contribution in [0, 0.1) is 5.92 Å². The van der Waals surface area contributed by atoms with Gasteiger partial charge in [0.25, 0.3) is 0 Å². The Bertz CT molecular complexity index is 253. The first-order valence-corrected chi connectivity index (χ1v) is 6.14. The molecular weight excluding hydrogens is 206 g/mol. The van der Waals surface area contributed by atoms with E-state index in [2.05, 4.69) is 12.2 Å². The molecule has 1 saturated carbocycles. The minimum atomic E-state index is -0.911. The molecule has 0 bridgehead atoms. The Morgan fingerprint density at radius 1 is 1.25 bits per heavy atom. The summed E-state index contributed by atoms with van der Waals surface area (Å²) in [6.45, 7) is 2.15. The molecule has 4 heteroatoms. The lowest BCUT2D eigenvalue weighted by Crippen LogP contribution is -2.41. The van der Waals surface area contributed by atoms with Gasteiger partial charge in [-0.2, -0.15) is 0 Å². The van der Waals surface area contributed by atoms with E-state index in [1.165, 1.54) is 19.3 Å². The van der Waals surface area contributed by atoms with E-state index in [9.17, 15) is 9.59 Å². The minimum absolute atomic E-state index is 0.0741. The molecule has 1 rings (SSSR count). The maximum atomic E-state index is 11.5. The molecule has 1 fully saturated rings. The summed E-state index contributed by atoms with van der Waals surface area (Å²) < 4.78 is 0. The summed E-state index contributed by atoms with van der Waals surface area (Å²) >= 11 is 0. The predicted molar refractivity (Wildman–Crippen MR) is 61.0 cm³/mol. The average Bonchev–Trinajstić information content (AvgIpc) is 2.27. The molecule has 0 saturated heterocycles. The van der Waals surface area contributed by atoms with Crippen LogP contribution in [0.5, 0.6) is 0 Å². The molecule has 0 aliphatic heterocycles. The van der Waals surface area contributed by atoms with Gasteiger partial charge in [0.1, 0.15) is 0 Å². The Morgan fingerprint density at radius 2 is 1.94 bits per heavy atom. The number of amides is 1. The van der Waals surface area contributed by atoms with Crippen LogP contribution < -0.4 is 5.32 Å². The van der Waals surface area contributed by atoms with Crippen molar-refractivity contribution in [2.75, 3.05) is 0 Å². The smallest absolute Gasteiger partial charge is 0.303 e. The van der Waals surface area contributed by atoms with Crippen molar-refractivity contribution < 1.29 is 14.7 Å². The third kappa shape index (κ3) is 4.21. The van der Waals surface area contributed by atoms with Crippen LogP contribution in [0.2, 0.25) is 0 Å². The van der Waals surface area contributed by atoms with Gasteiger partial charge in [-0.05, 0) is 18.8 Å². The lowest BCUT2D eigenvalue weighted by Gasteiger charge is -2.31. The highest BCUT2D eigenvalue weighted by Gasteiger charge is 2.24. The lowest BCUT2D eigenvalue weighted by atomic mass is 9.83. The molecule has 16 heavy (non-hydrogen) atoms. The topological polar surface area (TPSA) is 66.4 Å². The van der Waals surface area contributed by atoms with Crippen molar-refractivity contribution in [2.24, 2.45) is 5.92 Å². The average molecular weight is 227 g/mol. The van der Waals surface area contributed by atoms with Crippen molar-refractivity contribution in [1.29, 1.82) is 0 Å². The molecule has 0 radical (unpaired) electrons. The Morgan fingerprint density at radius 3 is 2.56 bits per heavy atom. The summed E-state index contributed by atoms with van der Waals surface area (Å²) in [7, 11) is 0. The third-order valence-electron chi connectivity index (χ3n) is 3.35. The van der Waals surface area contributed by atoms with E-state index in [4.69, 9.17) is 5.11 Å². The Labute approximate surface area is 96.4 Å². The fraction of sp³-hybridized carbons (Fsp3) is 0.833. The van der Waals surface area contributed by atoms with Gasteiger partial charge in [0.15, 0.2) is 0 Å². The molecule has 2 unspecified atom stereocenters. The molecule has 0 aromatic rings. The van der Waals surface area contributed by atoms with Crippen LogP contribution in [0.3, 0.4) is 0 Å². The summed E-state index contributed by atoms with van der Waals surface area (Å²) in [6.07, 6.45) is 5.75. The van der Waals surface area contributed by atoms with E-state index in [-0.39, 0.29) is 24.8 Å². The molecule has 0 aromatic heterocycles. The second kappa shape index (κ2) is 6.51. The first kappa shape index (κ1) is 13.0. The Kier molecular flexibility index (Phi) is 5.29. The minimum Gasteiger partial charge on any atom is -0.481 e. The van der Waals surface area contributed by atoms with E-state index >= 15 is 0 Å². The molecule has 1 aliphatic carbocycles. The maximum Gasteiger partial charge on any atom is 0.303 e. The number of rotatable bonds is 5. The van der Waals surface area contributed by atoms with Crippen LogP contribution in [0.25, 0.3) is 0 Å². The van der Waals surface area contributed by atoms with Gasteiger partial charge in [-0.3, -0.25) is 9.59 Å². The summed E-state index contributed by atoms with van der Waals surface area (Å²) in [5, 5.41) is 11.5. The fourth-order valence-electron chi connectivity index (χ4n) is 2.39. The van der Waals surface area contributed by atoms with Gasteiger partial charge < -0.3 is 10.4 Å². The quantitative estimate of drug-likeness (QED) is 0.754. The SMILES string of the molecule is CCC1CCCCC1NC(=O)CCC(=O)O. The molecule has 1 amide bonds. The van der Waals surface area contributed by atoms with E-state index in [1.807, 2.05) is 0 Å². The number of carboxylic acid groups (broad SMARTS) is 1. The van der Waals surface area contributed by atoms with Crippen LogP contribution in [0.15, 0.2) is 0 Å². The van der Waals surface area contributed by atoms with Gasteiger partial charge in [-0.25, -0.2) is 0 Å². The van der Waals surface area contributed by atoms with E-state index in [0.717, 1.165) is 12.8 Å². The van der Waals surface area contributed by atoms with Crippen LogP contribution in [-0.4, -0.2) is 23.0 Å². The molecule has 0 heterocycles. The van der Waals surface area contributed by atoms with Crippen LogP contribution in [0.4, 0.5) is 0 Å². The molecule has 1 aliphatic rings. The summed E-state index contributed by atoms with van der Waals surface area (Å²) in [6, 6.07) is 0.264. The molecule has 0 spiro atoms. The Hall–Kier alpha value is -1.06. The zero-order chi connectivity index (χ0) is 12.0. The zero-order valence-electron chi connectivity index (χ0n) is 9.87. The first-order chi connectivity index (χ1) is 7.63. The van der Waals surface area contributed by atoms with E-state index in [1.54, 1.807) is 0 Å². The second-order valence-electron chi connectivity index (χ2n) is 4.52. The normalized spacial score (nSPS) is 25.1. The maximum absolute atomic E-state index is 11.5. The van der Waals surface area contributed by atoms with Gasteiger partial charge in [0, 0.05) is 12.5 Å². The largest absolute Gasteiger partial charge is 0.481 e. The van der Waals surface area contributed by atoms with E-state index in [0.29, 0.717) is 5.92 Å². The van der Waals surface area contributed by atoms with Crippen molar-refractivity contribution in [3.05, 3.63) is 0 Å². The third-order valence-corrected chi connectivity index (χ3v) is 3.35. The molecule has 0 aromatic carbocycles. The van der Waals surface area contributed by atoms with Crippen LogP contribution in [0.1, 0.15) is 51.9 Å². The monoisotopic (exact) mass is 227 g/mol. The lowest BCUT2D eigenvalue weighted by molar-refractivity contribution is -0.139. The number of aliphatic carboxylic acids is 1. The number of carbonyl (C=O) groups excluding carboxylic acids is 1. The zero-order valence-corrected chi connectivity index (χ0v) is 9.87. The molecule has 2 N–H and O–H groups in total. The van der Waals surface area contributed by atoms with Crippen molar-refractivity contribution in [1.82, 2.24) is 5.32 Å². The molecule has 4 nitrogen and oxygen atoms in total. The van der Waals surface area contributed by atoms with Gasteiger partial charge in [0.05, 0.1) is 6.42 Å². The van der Waals surface area contributed by atoms with Gasteiger partial charge in [0.2, 0.25) is 5.91 Å². The number of hydrogen-bond donors (Lipinski definition) is 2. The van der Waals surface area contributed by atoms with Crippen molar-refractivity contribution >= 4 is 11.9 Å². The van der Waals surface area contributed by atoms with Crippen molar-refractivity contribution in [3.63, 3.8) is 0 Å². The summed E-state index contributed by atoms with van der Waals surface area (Å²) in [5.41, 5.74) is 0. The fourth-order valence-corrected chi connectivity index (χ4v) is 2.39. The highest BCUT2D eigenvalue weighted by Crippen LogP contribution is 2.26. The summed E-state index contributed by atoms with van der Waals surface area (Å²) in [5.74, 6) is -0.457. The highest BCUT2D eigenvalue weighted by molar-refractivity contribution is 5.80. The van der Waals surface area contributed by atoms with Crippen molar-refractivity contribution in [3.8, 4) is 0 Å². The van der Waals surface area contributed by atoms with Gasteiger partial charge >= 0.3 is 5.97 Å². The van der Waals surface area contributed by atoms with Crippen LogP contribution in [-0.2, 0) is 9.59 Å². The van der Waals surface area contributed by atoms with Crippen LogP contribution >= 0.6 is 0 Å². The molecular formula is C12H21NO3. The first-order valence-electron chi connectivity index (χ1n) is 6.14. The number of nitrogens with one attached hydrogen (secondary N) is 1. The number of hydrogen-bond acceptors (Lipinski definition) is 2.